The van der Waals surface area contributed by atoms with Crippen LogP contribution in [0, 0.1) is 5.92 Å². The van der Waals surface area contributed by atoms with Gasteiger partial charge in [-0.15, -0.1) is 0 Å². The number of carbonyl (C=O) groups excluding carboxylic acids is 2. The molecule has 0 bridgehead atoms. The molecule has 0 saturated heterocycles. The SMILES string of the molecule is CC(C)CN(Cc1cccn1C)C(=O)CN(C(=O)Nc1ccc(Cl)c(Cl)c1)C1CCCCC1. The molecule has 1 N–H and O–H groups in total. The van der Waals surface area contributed by atoms with Gasteiger partial charge in [-0.05, 0) is 49.1 Å². The van der Waals surface area contributed by atoms with E-state index in [9.17, 15) is 9.59 Å². The van der Waals surface area contributed by atoms with E-state index in [-0.39, 0.29) is 24.5 Å². The molecule has 0 spiro atoms. The number of urea groups is 1. The number of anilines is 1. The number of nitrogens with zero attached hydrogens (tertiary/aromatic N) is 3. The molecule has 33 heavy (non-hydrogen) atoms. The molecule has 0 aliphatic heterocycles. The minimum Gasteiger partial charge on any atom is -0.353 e. The lowest BCUT2D eigenvalue weighted by molar-refractivity contribution is -0.133. The maximum absolute atomic E-state index is 13.5. The third-order valence-electron chi connectivity index (χ3n) is 6.10. The quantitative estimate of drug-likeness (QED) is 0.477. The van der Waals surface area contributed by atoms with Crippen LogP contribution >= 0.6 is 23.2 Å². The van der Waals surface area contributed by atoms with Crippen molar-refractivity contribution in [2.45, 2.75) is 58.5 Å². The number of hydrogen-bond acceptors (Lipinski definition) is 2. The summed E-state index contributed by atoms with van der Waals surface area (Å²) in [5.41, 5.74) is 1.62. The van der Waals surface area contributed by atoms with Crippen LogP contribution in [-0.2, 0) is 18.4 Å². The minimum absolute atomic E-state index is 0.0419. The Balaban J connectivity index is 1.78. The molecule has 8 heteroatoms. The van der Waals surface area contributed by atoms with Gasteiger partial charge in [0.15, 0.2) is 0 Å². The van der Waals surface area contributed by atoms with Gasteiger partial charge in [-0.25, -0.2) is 4.79 Å². The molecule has 1 aliphatic carbocycles. The van der Waals surface area contributed by atoms with E-state index in [1.54, 1.807) is 23.1 Å². The fourth-order valence-electron chi connectivity index (χ4n) is 4.33. The first-order valence-electron chi connectivity index (χ1n) is 11.6. The Morgan fingerprint density at radius 2 is 1.85 bits per heavy atom. The monoisotopic (exact) mass is 492 g/mol. The van der Waals surface area contributed by atoms with Crippen LogP contribution in [0.15, 0.2) is 36.5 Å². The van der Waals surface area contributed by atoms with E-state index < -0.39 is 0 Å². The number of amides is 3. The Labute approximate surface area is 206 Å². The predicted molar refractivity (Wildman–Crippen MR) is 135 cm³/mol. The second-order valence-corrected chi connectivity index (χ2v) is 10.1. The lowest BCUT2D eigenvalue weighted by Gasteiger charge is -2.35. The van der Waals surface area contributed by atoms with E-state index in [0.717, 1.165) is 31.4 Å². The third-order valence-corrected chi connectivity index (χ3v) is 6.83. The maximum Gasteiger partial charge on any atom is 0.322 e. The van der Waals surface area contributed by atoms with Crippen LogP contribution in [0.5, 0.6) is 0 Å². The van der Waals surface area contributed by atoms with Crippen LogP contribution in [0.3, 0.4) is 0 Å². The molecule has 0 atom stereocenters. The number of carbonyl (C=O) groups is 2. The molecule has 1 fully saturated rings. The summed E-state index contributed by atoms with van der Waals surface area (Å²) in [4.78, 5) is 30.4. The molecule has 0 radical (unpaired) electrons. The van der Waals surface area contributed by atoms with Gasteiger partial charge in [0.05, 0.1) is 16.6 Å². The summed E-state index contributed by atoms with van der Waals surface area (Å²) in [6.07, 6.45) is 7.09. The summed E-state index contributed by atoms with van der Waals surface area (Å²) >= 11 is 12.1. The van der Waals surface area contributed by atoms with Crippen molar-refractivity contribution in [3.8, 4) is 0 Å². The van der Waals surface area contributed by atoms with Crippen molar-refractivity contribution in [3.05, 3.63) is 52.3 Å². The standard InChI is InChI=1S/C25H34Cl2N4O2/c1-18(2)15-30(16-21-10-7-13-29(21)3)24(32)17-31(20-8-5-4-6-9-20)25(33)28-19-11-12-22(26)23(27)14-19/h7,10-14,18,20H,4-6,8-9,15-17H2,1-3H3,(H,28,33). The number of nitrogens with one attached hydrogen (secondary N) is 1. The molecular formula is C25H34Cl2N4O2. The van der Waals surface area contributed by atoms with E-state index in [4.69, 9.17) is 23.2 Å². The first kappa shape index (κ1) is 25.4. The molecule has 180 valence electrons. The molecule has 3 rings (SSSR count). The molecule has 1 aliphatic rings. The molecular weight excluding hydrogens is 459 g/mol. The first-order chi connectivity index (χ1) is 15.7. The molecule has 3 amide bonds. The highest BCUT2D eigenvalue weighted by molar-refractivity contribution is 6.42. The van der Waals surface area contributed by atoms with Crippen LogP contribution in [0.1, 0.15) is 51.6 Å². The predicted octanol–water partition coefficient (Wildman–Crippen LogP) is 6.18. The first-order valence-corrected chi connectivity index (χ1v) is 12.4. The fourth-order valence-corrected chi connectivity index (χ4v) is 4.62. The minimum atomic E-state index is -0.281. The average Bonchev–Trinajstić information content (AvgIpc) is 3.18. The van der Waals surface area contributed by atoms with Gasteiger partial charge in [0, 0.05) is 37.2 Å². The Bertz CT molecular complexity index is 954. The number of aryl methyl sites for hydroxylation is 1. The lowest BCUT2D eigenvalue weighted by atomic mass is 9.94. The average molecular weight is 493 g/mol. The summed E-state index contributed by atoms with van der Waals surface area (Å²) in [7, 11) is 1.98. The van der Waals surface area contributed by atoms with E-state index >= 15 is 0 Å². The van der Waals surface area contributed by atoms with Gasteiger partial charge < -0.3 is 19.7 Å². The second-order valence-electron chi connectivity index (χ2n) is 9.26. The zero-order chi connectivity index (χ0) is 24.0. The van der Waals surface area contributed by atoms with Gasteiger partial charge in [-0.2, -0.15) is 0 Å². The van der Waals surface area contributed by atoms with Crippen LogP contribution in [-0.4, -0.2) is 45.4 Å². The van der Waals surface area contributed by atoms with Crippen LogP contribution < -0.4 is 5.32 Å². The number of aromatic nitrogens is 1. The van der Waals surface area contributed by atoms with Gasteiger partial charge in [-0.1, -0.05) is 56.3 Å². The molecule has 1 heterocycles. The highest BCUT2D eigenvalue weighted by Gasteiger charge is 2.29. The fraction of sp³-hybridized carbons (Fsp3) is 0.520. The van der Waals surface area contributed by atoms with Crippen molar-refractivity contribution in [2.75, 3.05) is 18.4 Å². The Morgan fingerprint density at radius 1 is 1.12 bits per heavy atom. The van der Waals surface area contributed by atoms with Gasteiger partial charge in [-0.3, -0.25) is 4.79 Å². The highest BCUT2D eigenvalue weighted by Crippen LogP contribution is 2.27. The van der Waals surface area contributed by atoms with Gasteiger partial charge in [0.2, 0.25) is 5.91 Å². The number of rotatable bonds is 8. The highest BCUT2D eigenvalue weighted by atomic mass is 35.5. The molecule has 1 aromatic heterocycles. The summed E-state index contributed by atoms with van der Waals surface area (Å²) < 4.78 is 2.02. The normalized spacial score (nSPS) is 14.4. The number of hydrogen-bond donors (Lipinski definition) is 1. The van der Waals surface area contributed by atoms with Crippen molar-refractivity contribution in [1.82, 2.24) is 14.4 Å². The largest absolute Gasteiger partial charge is 0.353 e. The molecule has 2 aromatic rings. The Hall–Kier alpha value is -2.18. The smallest absolute Gasteiger partial charge is 0.322 e. The molecule has 1 aromatic carbocycles. The van der Waals surface area contributed by atoms with E-state index in [0.29, 0.717) is 34.7 Å². The van der Waals surface area contributed by atoms with Crippen LogP contribution in [0.2, 0.25) is 10.0 Å². The molecule has 0 unspecified atom stereocenters. The van der Waals surface area contributed by atoms with Crippen LogP contribution in [0.25, 0.3) is 0 Å². The van der Waals surface area contributed by atoms with Gasteiger partial charge >= 0.3 is 6.03 Å². The second kappa shape index (κ2) is 11.8. The van der Waals surface area contributed by atoms with E-state index in [2.05, 4.69) is 19.2 Å². The maximum atomic E-state index is 13.5. The van der Waals surface area contributed by atoms with Gasteiger partial charge in [0.1, 0.15) is 6.54 Å². The summed E-state index contributed by atoms with van der Waals surface area (Å²) in [5.74, 6) is 0.280. The lowest BCUT2D eigenvalue weighted by Crippen LogP contribution is -2.50. The van der Waals surface area contributed by atoms with Crippen molar-refractivity contribution in [1.29, 1.82) is 0 Å². The van der Waals surface area contributed by atoms with E-state index in [1.165, 1.54) is 6.42 Å². The summed E-state index contributed by atoms with van der Waals surface area (Å²) in [6, 6.07) is 8.76. The van der Waals surface area contributed by atoms with Crippen molar-refractivity contribution in [3.63, 3.8) is 0 Å². The van der Waals surface area contributed by atoms with Crippen molar-refractivity contribution < 1.29 is 9.59 Å². The Kier molecular flexibility index (Phi) is 9.10. The van der Waals surface area contributed by atoms with E-state index in [1.807, 2.05) is 34.8 Å². The molecule has 1 saturated carbocycles. The zero-order valence-electron chi connectivity index (χ0n) is 19.7. The van der Waals surface area contributed by atoms with Crippen molar-refractivity contribution in [2.24, 2.45) is 13.0 Å². The summed E-state index contributed by atoms with van der Waals surface area (Å²) in [6.45, 7) is 5.40. The van der Waals surface area contributed by atoms with Crippen molar-refractivity contribution >= 4 is 40.8 Å². The number of halogens is 2. The third kappa shape index (κ3) is 7.15. The van der Waals surface area contributed by atoms with Crippen LogP contribution in [0.4, 0.5) is 10.5 Å². The van der Waals surface area contributed by atoms with Gasteiger partial charge in [0.25, 0.3) is 0 Å². The Morgan fingerprint density at radius 3 is 2.45 bits per heavy atom. The molecule has 6 nitrogen and oxygen atoms in total. The topological polar surface area (TPSA) is 57.6 Å². The summed E-state index contributed by atoms with van der Waals surface area (Å²) in [5, 5.41) is 3.72. The zero-order valence-corrected chi connectivity index (χ0v) is 21.2. The number of benzene rings is 1.